The summed E-state index contributed by atoms with van der Waals surface area (Å²) in [6.45, 7) is 1.81. The molecule has 1 heterocycles. The second-order valence-electron chi connectivity index (χ2n) is 4.15. The first kappa shape index (κ1) is 15.5. The number of nitrogens with zero attached hydrogens (tertiary/aromatic N) is 1. The van der Waals surface area contributed by atoms with Crippen LogP contribution in [0.3, 0.4) is 0 Å². The predicted octanol–water partition coefficient (Wildman–Crippen LogP) is -0.499. The van der Waals surface area contributed by atoms with Gasteiger partial charge in [0, 0.05) is 12.5 Å². The van der Waals surface area contributed by atoms with Crippen LogP contribution in [0.15, 0.2) is 10.6 Å². The Balaban J connectivity index is 2.41. The number of amides is 3. The van der Waals surface area contributed by atoms with Gasteiger partial charge in [-0.3, -0.25) is 4.79 Å². The fourth-order valence-electron chi connectivity index (χ4n) is 1.43. The molecule has 3 amide bonds. The Labute approximate surface area is 114 Å². The van der Waals surface area contributed by atoms with Crippen LogP contribution in [0.1, 0.15) is 24.3 Å². The van der Waals surface area contributed by atoms with Gasteiger partial charge in [0.1, 0.15) is 17.5 Å². The number of hydrogen-bond acceptors (Lipinski definition) is 5. The SMILES string of the molecule is Cc1cc(CNC(=O)NC(CCC(N)=O)C(=O)O)no1. The van der Waals surface area contributed by atoms with Gasteiger partial charge >= 0.3 is 12.0 Å². The highest BCUT2D eigenvalue weighted by Gasteiger charge is 2.20. The Bertz CT molecular complexity index is 499. The van der Waals surface area contributed by atoms with Crippen LogP contribution in [0.5, 0.6) is 0 Å². The Morgan fingerprint density at radius 1 is 1.50 bits per heavy atom. The van der Waals surface area contributed by atoms with E-state index in [-0.39, 0.29) is 19.4 Å². The maximum atomic E-state index is 11.5. The minimum absolute atomic E-state index is 0.0683. The van der Waals surface area contributed by atoms with Crippen molar-refractivity contribution >= 4 is 17.9 Å². The average Bonchev–Trinajstić information content (AvgIpc) is 2.77. The molecule has 0 saturated carbocycles. The molecule has 1 atom stereocenters. The second-order valence-corrected chi connectivity index (χ2v) is 4.15. The van der Waals surface area contributed by atoms with Crippen molar-refractivity contribution in [1.82, 2.24) is 15.8 Å². The van der Waals surface area contributed by atoms with E-state index in [0.29, 0.717) is 11.5 Å². The Hall–Kier alpha value is -2.58. The van der Waals surface area contributed by atoms with E-state index in [1.54, 1.807) is 13.0 Å². The Morgan fingerprint density at radius 2 is 2.20 bits per heavy atom. The van der Waals surface area contributed by atoms with Gasteiger partial charge in [-0.15, -0.1) is 0 Å². The molecule has 1 aromatic heterocycles. The predicted molar refractivity (Wildman–Crippen MR) is 66.5 cm³/mol. The Morgan fingerprint density at radius 3 is 2.70 bits per heavy atom. The van der Waals surface area contributed by atoms with Crippen LogP contribution in [-0.2, 0) is 16.1 Å². The molecule has 0 radical (unpaired) electrons. The first-order valence-corrected chi connectivity index (χ1v) is 5.86. The summed E-state index contributed by atoms with van der Waals surface area (Å²) < 4.78 is 4.81. The number of carbonyl (C=O) groups excluding carboxylic acids is 2. The van der Waals surface area contributed by atoms with E-state index >= 15 is 0 Å². The molecule has 20 heavy (non-hydrogen) atoms. The second kappa shape index (κ2) is 7.12. The summed E-state index contributed by atoms with van der Waals surface area (Å²) in [7, 11) is 0. The quantitative estimate of drug-likeness (QED) is 0.530. The smallest absolute Gasteiger partial charge is 0.326 e. The molecule has 0 aliphatic heterocycles. The maximum Gasteiger partial charge on any atom is 0.326 e. The normalized spacial score (nSPS) is 11.7. The molecule has 1 unspecified atom stereocenters. The highest BCUT2D eigenvalue weighted by molar-refractivity contribution is 5.83. The lowest BCUT2D eigenvalue weighted by Crippen LogP contribution is -2.46. The van der Waals surface area contributed by atoms with Crippen molar-refractivity contribution in [2.75, 3.05) is 0 Å². The first-order chi connectivity index (χ1) is 9.38. The van der Waals surface area contributed by atoms with Gasteiger partial charge in [0.05, 0.1) is 6.54 Å². The van der Waals surface area contributed by atoms with E-state index in [1.807, 2.05) is 0 Å². The van der Waals surface area contributed by atoms with Gasteiger partial charge in [0.25, 0.3) is 0 Å². The molecule has 9 heteroatoms. The number of primary amides is 1. The molecule has 0 aliphatic carbocycles. The minimum Gasteiger partial charge on any atom is -0.480 e. The highest BCUT2D eigenvalue weighted by atomic mass is 16.5. The van der Waals surface area contributed by atoms with Crippen molar-refractivity contribution in [3.63, 3.8) is 0 Å². The van der Waals surface area contributed by atoms with Crippen molar-refractivity contribution in [2.45, 2.75) is 32.4 Å². The van der Waals surface area contributed by atoms with Crippen LogP contribution in [0.25, 0.3) is 0 Å². The summed E-state index contributed by atoms with van der Waals surface area (Å²) in [4.78, 5) is 33.0. The third-order valence-corrected chi connectivity index (χ3v) is 2.39. The molecule has 1 aromatic rings. The van der Waals surface area contributed by atoms with E-state index < -0.39 is 23.9 Å². The van der Waals surface area contributed by atoms with Crippen molar-refractivity contribution in [3.05, 3.63) is 17.5 Å². The number of rotatable bonds is 7. The standard InChI is InChI=1S/C11H16N4O5/c1-6-4-7(15-20-6)5-13-11(19)14-8(10(17)18)2-3-9(12)16/h4,8H,2-3,5H2,1H3,(H2,12,16)(H,17,18)(H2,13,14,19). The van der Waals surface area contributed by atoms with Gasteiger partial charge in [0.2, 0.25) is 5.91 Å². The van der Waals surface area contributed by atoms with Crippen LogP contribution >= 0.6 is 0 Å². The van der Waals surface area contributed by atoms with E-state index in [9.17, 15) is 14.4 Å². The fourth-order valence-corrected chi connectivity index (χ4v) is 1.43. The van der Waals surface area contributed by atoms with Crippen molar-refractivity contribution < 1.29 is 24.0 Å². The summed E-state index contributed by atoms with van der Waals surface area (Å²) in [6.07, 6.45) is -0.194. The molecular weight excluding hydrogens is 268 g/mol. The molecule has 0 fully saturated rings. The number of nitrogens with two attached hydrogens (primary N) is 1. The van der Waals surface area contributed by atoms with E-state index in [1.165, 1.54) is 0 Å². The Kier molecular flexibility index (Phi) is 5.51. The number of carboxylic acid groups (broad SMARTS) is 1. The van der Waals surface area contributed by atoms with Crippen LogP contribution in [0.2, 0.25) is 0 Å². The lowest BCUT2D eigenvalue weighted by molar-refractivity contribution is -0.139. The van der Waals surface area contributed by atoms with E-state index in [2.05, 4.69) is 15.8 Å². The molecule has 5 N–H and O–H groups in total. The lowest BCUT2D eigenvalue weighted by atomic mass is 10.1. The van der Waals surface area contributed by atoms with Gasteiger partial charge in [0.15, 0.2) is 0 Å². The number of carbonyl (C=O) groups is 3. The van der Waals surface area contributed by atoms with Gasteiger partial charge in [-0.05, 0) is 13.3 Å². The van der Waals surface area contributed by atoms with Gasteiger partial charge in [-0.1, -0.05) is 5.16 Å². The third-order valence-electron chi connectivity index (χ3n) is 2.39. The topological polar surface area (TPSA) is 148 Å². The zero-order valence-corrected chi connectivity index (χ0v) is 10.9. The fraction of sp³-hybridized carbons (Fsp3) is 0.455. The zero-order chi connectivity index (χ0) is 15.1. The van der Waals surface area contributed by atoms with Crippen LogP contribution < -0.4 is 16.4 Å². The van der Waals surface area contributed by atoms with Crippen LogP contribution in [-0.4, -0.2) is 34.2 Å². The molecule has 0 aliphatic rings. The van der Waals surface area contributed by atoms with E-state index in [0.717, 1.165) is 0 Å². The molecule has 0 bridgehead atoms. The number of nitrogens with one attached hydrogen (secondary N) is 2. The molecule has 9 nitrogen and oxygen atoms in total. The zero-order valence-electron chi connectivity index (χ0n) is 10.9. The number of aryl methyl sites for hydroxylation is 1. The average molecular weight is 284 g/mol. The van der Waals surface area contributed by atoms with Crippen LogP contribution in [0.4, 0.5) is 4.79 Å². The van der Waals surface area contributed by atoms with Crippen molar-refractivity contribution in [1.29, 1.82) is 0 Å². The van der Waals surface area contributed by atoms with E-state index in [4.69, 9.17) is 15.4 Å². The number of aliphatic carboxylic acids is 1. The largest absolute Gasteiger partial charge is 0.480 e. The van der Waals surface area contributed by atoms with Gasteiger partial charge in [-0.25, -0.2) is 9.59 Å². The maximum absolute atomic E-state index is 11.5. The number of carboxylic acids is 1. The first-order valence-electron chi connectivity index (χ1n) is 5.86. The number of aromatic nitrogens is 1. The highest BCUT2D eigenvalue weighted by Crippen LogP contribution is 2.01. The van der Waals surface area contributed by atoms with Gasteiger partial charge < -0.3 is 26.0 Å². The molecule has 0 spiro atoms. The summed E-state index contributed by atoms with van der Waals surface area (Å²) in [6, 6.07) is -0.216. The number of urea groups is 1. The van der Waals surface area contributed by atoms with Crippen molar-refractivity contribution in [3.8, 4) is 0 Å². The summed E-state index contributed by atoms with van der Waals surface area (Å²) in [5.41, 5.74) is 5.45. The summed E-state index contributed by atoms with van der Waals surface area (Å²) >= 11 is 0. The number of hydrogen-bond donors (Lipinski definition) is 4. The van der Waals surface area contributed by atoms with Crippen molar-refractivity contribution in [2.24, 2.45) is 5.73 Å². The molecule has 0 saturated heterocycles. The molecule has 0 aromatic carbocycles. The molecule has 110 valence electrons. The van der Waals surface area contributed by atoms with Crippen LogP contribution in [0, 0.1) is 6.92 Å². The molecule has 1 rings (SSSR count). The monoisotopic (exact) mass is 284 g/mol. The third kappa shape index (κ3) is 5.38. The van der Waals surface area contributed by atoms with Gasteiger partial charge in [-0.2, -0.15) is 0 Å². The molecular formula is C11H16N4O5. The lowest BCUT2D eigenvalue weighted by Gasteiger charge is -2.13. The summed E-state index contributed by atoms with van der Waals surface area (Å²) in [5.74, 6) is -1.26. The minimum atomic E-state index is -1.24. The summed E-state index contributed by atoms with van der Waals surface area (Å²) in [5, 5.41) is 17.2.